The van der Waals surface area contributed by atoms with Crippen LogP contribution in [0.25, 0.3) is 0 Å². The number of nitrogens with two attached hydrogens (primary N) is 1. The second-order valence-corrected chi connectivity index (χ2v) is 4.08. The van der Waals surface area contributed by atoms with Crippen LogP contribution in [-0.2, 0) is 0 Å². The quantitative estimate of drug-likeness (QED) is 0.743. The molecule has 0 heterocycles. The minimum atomic E-state index is -0.381. The Labute approximate surface area is 94.5 Å². The maximum atomic E-state index is 9.86. The van der Waals surface area contributed by atoms with Crippen LogP contribution in [0.5, 0.6) is 5.75 Å². The number of benzene rings is 1. The zero-order chi connectivity index (χ0) is 11.6. The minimum Gasteiger partial charge on any atom is -0.506 e. The molecule has 0 radical (unpaired) electrons. The number of phenols is 1. The Balaban J connectivity index is 3.23. The van der Waals surface area contributed by atoms with Crippen molar-refractivity contribution in [1.82, 2.24) is 0 Å². The maximum Gasteiger partial charge on any atom is 0.139 e. The van der Waals surface area contributed by atoms with Gasteiger partial charge in [0.1, 0.15) is 5.75 Å². The Hall–Kier alpha value is -0.770. The van der Waals surface area contributed by atoms with Gasteiger partial charge in [-0.3, -0.25) is 0 Å². The van der Waals surface area contributed by atoms with Gasteiger partial charge in [0.2, 0.25) is 0 Å². The molecule has 0 aliphatic carbocycles. The summed E-state index contributed by atoms with van der Waals surface area (Å²) in [5.41, 5.74) is 8.20. The molecule has 0 saturated heterocycles. The first-order valence-electron chi connectivity index (χ1n) is 4.84. The second kappa shape index (κ2) is 4.84. The van der Waals surface area contributed by atoms with Gasteiger partial charge in [0.15, 0.2) is 0 Å². The van der Waals surface area contributed by atoms with Gasteiger partial charge in [-0.1, -0.05) is 17.7 Å². The van der Waals surface area contributed by atoms with E-state index in [-0.39, 0.29) is 18.4 Å². The summed E-state index contributed by atoms with van der Waals surface area (Å²) in [5.74, 6) is 0.0371. The fourth-order valence-corrected chi connectivity index (χ4v) is 1.87. The van der Waals surface area contributed by atoms with Crippen molar-refractivity contribution >= 4 is 11.6 Å². The van der Waals surface area contributed by atoms with Crippen LogP contribution in [0.2, 0.25) is 5.02 Å². The predicted molar refractivity (Wildman–Crippen MR) is 61.2 cm³/mol. The highest BCUT2D eigenvalue weighted by Gasteiger charge is 2.17. The van der Waals surface area contributed by atoms with Crippen molar-refractivity contribution in [2.24, 2.45) is 5.73 Å². The zero-order valence-electron chi connectivity index (χ0n) is 8.92. The van der Waals surface area contributed by atoms with Crippen LogP contribution >= 0.6 is 11.6 Å². The standard InChI is InChI=1S/C11H16ClNO2/c1-6-5-7(2)10(12)11(15)9(6)8(13)3-4-14/h5,8,14-15H,3-4,13H2,1-2H3. The lowest BCUT2D eigenvalue weighted by Gasteiger charge is -2.17. The average molecular weight is 230 g/mol. The van der Waals surface area contributed by atoms with Crippen LogP contribution in [0.15, 0.2) is 6.07 Å². The van der Waals surface area contributed by atoms with Gasteiger partial charge in [0.25, 0.3) is 0 Å². The van der Waals surface area contributed by atoms with E-state index in [9.17, 15) is 5.11 Å². The number of aliphatic hydroxyl groups is 1. The Morgan fingerprint density at radius 1 is 1.40 bits per heavy atom. The zero-order valence-corrected chi connectivity index (χ0v) is 9.67. The van der Waals surface area contributed by atoms with Gasteiger partial charge < -0.3 is 15.9 Å². The van der Waals surface area contributed by atoms with Gasteiger partial charge in [-0.05, 0) is 31.4 Å². The van der Waals surface area contributed by atoms with Crippen LogP contribution in [0.4, 0.5) is 0 Å². The molecule has 1 unspecified atom stereocenters. The molecule has 0 spiro atoms. The van der Waals surface area contributed by atoms with E-state index in [1.54, 1.807) is 0 Å². The molecule has 0 aromatic heterocycles. The molecular weight excluding hydrogens is 214 g/mol. The van der Waals surface area contributed by atoms with E-state index in [0.29, 0.717) is 17.0 Å². The molecule has 1 aromatic rings. The summed E-state index contributed by atoms with van der Waals surface area (Å²) in [6, 6.07) is 1.50. The van der Waals surface area contributed by atoms with Crippen molar-refractivity contribution in [1.29, 1.82) is 0 Å². The number of aryl methyl sites for hydroxylation is 2. The summed E-state index contributed by atoms with van der Waals surface area (Å²) in [6.45, 7) is 3.69. The number of rotatable bonds is 3. The molecule has 1 atom stereocenters. The summed E-state index contributed by atoms with van der Waals surface area (Å²) < 4.78 is 0. The Kier molecular flexibility index (Phi) is 3.97. The normalized spacial score (nSPS) is 12.9. The van der Waals surface area contributed by atoms with E-state index in [2.05, 4.69) is 0 Å². The molecule has 1 aromatic carbocycles. The molecule has 4 N–H and O–H groups in total. The van der Waals surface area contributed by atoms with Gasteiger partial charge in [0, 0.05) is 18.2 Å². The van der Waals surface area contributed by atoms with Crippen molar-refractivity contribution in [2.45, 2.75) is 26.3 Å². The summed E-state index contributed by atoms with van der Waals surface area (Å²) >= 11 is 5.93. The van der Waals surface area contributed by atoms with Gasteiger partial charge >= 0.3 is 0 Å². The second-order valence-electron chi connectivity index (χ2n) is 3.71. The Morgan fingerprint density at radius 3 is 2.53 bits per heavy atom. The molecule has 84 valence electrons. The van der Waals surface area contributed by atoms with Crippen molar-refractivity contribution in [3.8, 4) is 5.75 Å². The molecule has 0 amide bonds. The van der Waals surface area contributed by atoms with E-state index in [1.165, 1.54) is 0 Å². The fraction of sp³-hybridized carbons (Fsp3) is 0.455. The monoisotopic (exact) mass is 229 g/mol. The van der Waals surface area contributed by atoms with Gasteiger partial charge in [-0.25, -0.2) is 0 Å². The van der Waals surface area contributed by atoms with Crippen LogP contribution in [0.1, 0.15) is 29.2 Å². The first kappa shape index (κ1) is 12.3. The van der Waals surface area contributed by atoms with E-state index >= 15 is 0 Å². The number of hydrogen-bond donors (Lipinski definition) is 3. The molecular formula is C11H16ClNO2. The SMILES string of the molecule is Cc1cc(C)c(C(N)CCO)c(O)c1Cl. The van der Waals surface area contributed by atoms with Crippen LogP contribution in [0, 0.1) is 13.8 Å². The van der Waals surface area contributed by atoms with Crippen LogP contribution < -0.4 is 5.73 Å². The highest BCUT2D eigenvalue weighted by atomic mass is 35.5. The summed E-state index contributed by atoms with van der Waals surface area (Å²) in [7, 11) is 0. The molecule has 0 aliphatic heterocycles. The third-order valence-electron chi connectivity index (χ3n) is 2.48. The summed E-state index contributed by atoms with van der Waals surface area (Å²) in [6.07, 6.45) is 0.411. The van der Waals surface area contributed by atoms with Crippen molar-refractivity contribution in [2.75, 3.05) is 6.61 Å². The number of aromatic hydroxyl groups is 1. The lowest BCUT2D eigenvalue weighted by molar-refractivity contribution is 0.275. The summed E-state index contributed by atoms with van der Waals surface area (Å²) in [5, 5.41) is 19.0. The Morgan fingerprint density at radius 2 is 2.00 bits per heavy atom. The lowest BCUT2D eigenvalue weighted by atomic mass is 9.96. The molecule has 15 heavy (non-hydrogen) atoms. The number of hydrogen-bond acceptors (Lipinski definition) is 3. The molecule has 4 heteroatoms. The first-order chi connectivity index (χ1) is 6.99. The van der Waals surface area contributed by atoms with Gasteiger partial charge in [0.05, 0.1) is 5.02 Å². The number of halogens is 1. The molecule has 1 rings (SSSR count). The van der Waals surface area contributed by atoms with E-state index in [1.807, 2.05) is 19.9 Å². The third kappa shape index (κ3) is 2.43. The summed E-state index contributed by atoms with van der Waals surface area (Å²) in [4.78, 5) is 0. The fourth-order valence-electron chi connectivity index (χ4n) is 1.71. The van der Waals surface area contributed by atoms with Crippen molar-refractivity contribution < 1.29 is 10.2 Å². The van der Waals surface area contributed by atoms with Gasteiger partial charge in [-0.15, -0.1) is 0 Å². The minimum absolute atomic E-state index is 0.00839. The van der Waals surface area contributed by atoms with Gasteiger partial charge in [-0.2, -0.15) is 0 Å². The average Bonchev–Trinajstić information content (AvgIpc) is 2.15. The molecule has 0 aliphatic rings. The van der Waals surface area contributed by atoms with E-state index < -0.39 is 0 Å². The van der Waals surface area contributed by atoms with E-state index in [0.717, 1.165) is 11.1 Å². The smallest absolute Gasteiger partial charge is 0.139 e. The largest absolute Gasteiger partial charge is 0.506 e. The van der Waals surface area contributed by atoms with Crippen LogP contribution in [0.3, 0.4) is 0 Å². The maximum absolute atomic E-state index is 9.86. The Bertz CT molecular complexity index is 366. The number of aliphatic hydroxyl groups excluding tert-OH is 1. The molecule has 3 nitrogen and oxygen atoms in total. The number of phenolic OH excluding ortho intramolecular Hbond substituents is 1. The van der Waals surface area contributed by atoms with Crippen LogP contribution in [-0.4, -0.2) is 16.8 Å². The van der Waals surface area contributed by atoms with Crippen molar-refractivity contribution in [3.05, 3.63) is 27.8 Å². The van der Waals surface area contributed by atoms with E-state index in [4.69, 9.17) is 22.4 Å². The molecule has 0 fully saturated rings. The molecule has 0 bridgehead atoms. The molecule has 0 saturated carbocycles. The highest BCUT2D eigenvalue weighted by Crippen LogP contribution is 2.36. The highest BCUT2D eigenvalue weighted by molar-refractivity contribution is 6.32. The third-order valence-corrected chi connectivity index (χ3v) is 2.96. The first-order valence-corrected chi connectivity index (χ1v) is 5.21. The predicted octanol–water partition coefficient (Wildman–Crippen LogP) is 2.04. The van der Waals surface area contributed by atoms with Crippen molar-refractivity contribution in [3.63, 3.8) is 0 Å². The topological polar surface area (TPSA) is 66.5 Å². The lowest BCUT2D eigenvalue weighted by Crippen LogP contribution is -2.14.